The number of nitrogens with zero attached hydrogens (tertiary/aromatic N) is 1. The van der Waals surface area contributed by atoms with E-state index in [1.54, 1.807) is 18.7 Å². The summed E-state index contributed by atoms with van der Waals surface area (Å²) in [6, 6.07) is 0. The highest BCUT2D eigenvalue weighted by atomic mass is 32.2. The van der Waals surface area contributed by atoms with Crippen LogP contribution in [-0.4, -0.2) is 24.3 Å². The molecular formula is C12H21NOS. The van der Waals surface area contributed by atoms with Crippen LogP contribution in [0.5, 0.6) is 0 Å². The van der Waals surface area contributed by atoms with Crippen molar-refractivity contribution in [1.82, 2.24) is 4.90 Å². The van der Waals surface area contributed by atoms with Crippen LogP contribution in [0, 0.1) is 5.92 Å². The summed E-state index contributed by atoms with van der Waals surface area (Å²) < 4.78 is 0. The number of hydrogen-bond donors (Lipinski definition) is 0. The lowest BCUT2D eigenvalue weighted by molar-refractivity contribution is -0.120. The maximum atomic E-state index is 11.0. The molecule has 15 heavy (non-hydrogen) atoms. The van der Waals surface area contributed by atoms with E-state index >= 15 is 0 Å². The van der Waals surface area contributed by atoms with Gasteiger partial charge in [-0.15, -0.1) is 0 Å². The first-order chi connectivity index (χ1) is 6.99. The van der Waals surface area contributed by atoms with Gasteiger partial charge in [-0.1, -0.05) is 31.3 Å². The van der Waals surface area contributed by atoms with Gasteiger partial charge in [0, 0.05) is 19.5 Å². The average molecular weight is 227 g/mol. The molecule has 0 aliphatic heterocycles. The highest BCUT2D eigenvalue weighted by Gasteiger charge is 2.09. The van der Waals surface area contributed by atoms with E-state index in [-0.39, 0.29) is 11.7 Å². The Morgan fingerprint density at radius 2 is 2.20 bits per heavy atom. The molecule has 0 spiro atoms. The lowest BCUT2D eigenvalue weighted by atomic mass is 10.0. The third kappa shape index (κ3) is 6.39. The second-order valence-electron chi connectivity index (χ2n) is 3.70. The Hall–Kier alpha value is -0.700. The van der Waals surface area contributed by atoms with Crippen molar-refractivity contribution in [1.29, 1.82) is 0 Å². The highest BCUT2D eigenvalue weighted by Crippen LogP contribution is 2.18. The molecule has 0 saturated carbocycles. The zero-order chi connectivity index (χ0) is 11.8. The largest absolute Gasteiger partial charge is 0.370 e. The van der Waals surface area contributed by atoms with Crippen molar-refractivity contribution in [2.24, 2.45) is 5.92 Å². The summed E-state index contributed by atoms with van der Waals surface area (Å²) in [7, 11) is 2.01. The number of carbonyl (C=O) groups is 1. The number of Topliss-reactive ketones (excluding diaryl/α,β-unsaturated/α-hetero) is 1. The van der Waals surface area contributed by atoms with Gasteiger partial charge in [-0.25, -0.2) is 0 Å². The van der Waals surface area contributed by atoms with Gasteiger partial charge in [-0.05, 0) is 25.7 Å². The molecule has 86 valence electrons. The Labute approximate surface area is 97.4 Å². The summed E-state index contributed by atoms with van der Waals surface area (Å²) in [5.41, 5.74) is 0. The van der Waals surface area contributed by atoms with Gasteiger partial charge in [0.05, 0.1) is 5.03 Å². The molecule has 0 fully saturated rings. The van der Waals surface area contributed by atoms with Gasteiger partial charge in [0.25, 0.3) is 0 Å². The summed E-state index contributed by atoms with van der Waals surface area (Å²) >= 11 is 1.61. The minimum Gasteiger partial charge on any atom is -0.370 e. The van der Waals surface area contributed by atoms with Crippen molar-refractivity contribution in [2.75, 3.05) is 13.6 Å². The number of thioether (sulfide) groups is 1. The van der Waals surface area contributed by atoms with E-state index < -0.39 is 0 Å². The average Bonchev–Trinajstić information content (AvgIpc) is 2.21. The molecule has 0 saturated heterocycles. The quantitative estimate of drug-likeness (QED) is 0.666. The van der Waals surface area contributed by atoms with Crippen LogP contribution in [0.2, 0.25) is 0 Å². The van der Waals surface area contributed by atoms with Gasteiger partial charge in [0.2, 0.25) is 0 Å². The Morgan fingerprint density at radius 3 is 2.67 bits per heavy atom. The predicted molar refractivity (Wildman–Crippen MR) is 68.6 cm³/mol. The molecule has 0 amide bonds. The van der Waals surface area contributed by atoms with E-state index in [0.29, 0.717) is 0 Å². The van der Waals surface area contributed by atoms with E-state index in [1.165, 1.54) is 0 Å². The van der Waals surface area contributed by atoms with E-state index in [9.17, 15) is 4.79 Å². The van der Waals surface area contributed by atoms with Gasteiger partial charge in [-0.3, -0.25) is 4.79 Å². The summed E-state index contributed by atoms with van der Waals surface area (Å²) in [4.78, 5) is 13.1. The summed E-state index contributed by atoms with van der Waals surface area (Å²) in [6.07, 6.45) is 2.88. The molecule has 1 unspecified atom stereocenters. The zero-order valence-electron chi connectivity index (χ0n) is 10.1. The Bertz CT molecular complexity index is 248. The number of ketones is 1. The molecule has 0 rings (SSSR count). The van der Waals surface area contributed by atoms with Crippen LogP contribution in [0.3, 0.4) is 0 Å². The molecule has 0 aromatic rings. The van der Waals surface area contributed by atoms with Crippen LogP contribution >= 0.6 is 11.8 Å². The number of carbonyl (C=O) groups excluding carboxylic acids is 1. The van der Waals surface area contributed by atoms with Gasteiger partial charge in [0.15, 0.2) is 0 Å². The molecule has 0 heterocycles. The van der Waals surface area contributed by atoms with E-state index in [2.05, 4.69) is 11.5 Å². The van der Waals surface area contributed by atoms with Gasteiger partial charge in [0.1, 0.15) is 5.78 Å². The van der Waals surface area contributed by atoms with Crippen molar-refractivity contribution < 1.29 is 4.79 Å². The minimum atomic E-state index is 0.145. The van der Waals surface area contributed by atoms with Crippen LogP contribution < -0.4 is 0 Å². The smallest absolute Gasteiger partial charge is 0.132 e. The van der Waals surface area contributed by atoms with Crippen molar-refractivity contribution in [3.8, 4) is 0 Å². The number of rotatable bonds is 7. The van der Waals surface area contributed by atoms with Crippen LogP contribution in [0.25, 0.3) is 0 Å². The second kappa shape index (κ2) is 7.57. The normalized spacial score (nSPS) is 12.8. The fourth-order valence-corrected chi connectivity index (χ4v) is 1.52. The Kier molecular flexibility index (Phi) is 7.22. The van der Waals surface area contributed by atoms with Crippen LogP contribution in [-0.2, 0) is 4.79 Å². The first kappa shape index (κ1) is 14.3. The zero-order valence-corrected chi connectivity index (χ0v) is 10.9. The standard InChI is InChI=1S/C12H21NOS/c1-6-9-15-12(4)13(5)8-7-10(2)11(3)14/h6,9-10H,4,7-8H2,1-3,5H3. The molecule has 0 bridgehead atoms. The predicted octanol–water partition coefficient (Wildman–Crippen LogP) is 3.27. The minimum absolute atomic E-state index is 0.145. The first-order valence-corrected chi connectivity index (χ1v) is 6.05. The monoisotopic (exact) mass is 227 g/mol. The van der Waals surface area contributed by atoms with E-state index in [4.69, 9.17) is 0 Å². The fraction of sp³-hybridized carbons (Fsp3) is 0.583. The molecule has 1 atom stereocenters. The topological polar surface area (TPSA) is 20.3 Å². The maximum Gasteiger partial charge on any atom is 0.132 e. The molecule has 0 aromatic carbocycles. The van der Waals surface area contributed by atoms with Gasteiger partial charge >= 0.3 is 0 Å². The lowest BCUT2D eigenvalue weighted by Gasteiger charge is -2.21. The lowest BCUT2D eigenvalue weighted by Crippen LogP contribution is -2.20. The second-order valence-corrected chi connectivity index (χ2v) is 4.68. The number of allylic oxidation sites excluding steroid dienone is 1. The molecule has 0 aliphatic rings. The third-order valence-electron chi connectivity index (χ3n) is 2.36. The van der Waals surface area contributed by atoms with E-state index in [1.807, 2.05) is 32.4 Å². The maximum absolute atomic E-state index is 11.0. The highest BCUT2D eigenvalue weighted by molar-refractivity contribution is 8.05. The van der Waals surface area contributed by atoms with Crippen LogP contribution in [0.4, 0.5) is 0 Å². The molecule has 2 nitrogen and oxygen atoms in total. The van der Waals surface area contributed by atoms with Gasteiger partial charge in [-0.2, -0.15) is 0 Å². The van der Waals surface area contributed by atoms with Crippen molar-refractivity contribution in [2.45, 2.75) is 27.2 Å². The van der Waals surface area contributed by atoms with Crippen LogP contribution in [0.15, 0.2) is 23.1 Å². The molecular weight excluding hydrogens is 206 g/mol. The first-order valence-electron chi connectivity index (χ1n) is 5.17. The van der Waals surface area contributed by atoms with Crippen molar-refractivity contribution in [3.05, 3.63) is 23.1 Å². The molecule has 0 aromatic heterocycles. The van der Waals surface area contributed by atoms with Gasteiger partial charge < -0.3 is 4.90 Å². The molecule has 3 heteroatoms. The summed E-state index contributed by atoms with van der Waals surface area (Å²) in [6.45, 7) is 10.4. The van der Waals surface area contributed by atoms with E-state index in [0.717, 1.165) is 18.0 Å². The molecule has 0 N–H and O–H groups in total. The summed E-state index contributed by atoms with van der Waals surface area (Å²) in [5, 5.41) is 3.02. The molecule has 0 aliphatic carbocycles. The Morgan fingerprint density at radius 1 is 1.60 bits per heavy atom. The Balaban J connectivity index is 3.87. The van der Waals surface area contributed by atoms with Crippen LogP contribution in [0.1, 0.15) is 27.2 Å². The third-order valence-corrected chi connectivity index (χ3v) is 3.35. The summed E-state index contributed by atoms with van der Waals surface area (Å²) in [5.74, 6) is 0.405. The van der Waals surface area contributed by atoms with Crippen molar-refractivity contribution in [3.63, 3.8) is 0 Å². The van der Waals surface area contributed by atoms with Crippen molar-refractivity contribution >= 4 is 17.5 Å². The SMILES string of the molecule is C=C(SC=CC)N(C)CCC(C)C(C)=O. The fourth-order valence-electron chi connectivity index (χ4n) is 0.952. The number of hydrogen-bond acceptors (Lipinski definition) is 3. The molecule has 0 radical (unpaired) electrons.